The maximum atomic E-state index is 12.1. The van der Waals surface area contributed by atoms with Gasteiger partial charge in [-0.05, 0) is 63.8 Å². The molecule has 6 aromatic rings. The highest BCUT2D eigenvalue weighted by Gasteiger charge is 2.15. The second kappa shape index (κ2) is 8.52. The summed E-state index contributed by atoms with van der Waals surface area (Å²) in [7, 11) is 0. The second-order valence-electron chi connectivity index (χ2n) is 8.90. The Kier molecular flexibility index (Phi) is 5.19. The Hall–Kier alpha value is -4.23. The van der Waals surface area contributed by atoms with Crippen molar-refractivity contribution in [1.82, 2.24) is 20.2 Å². The number of amides is 1. The van der Waals surface area contributed by atoms with Gasteiger partial charge in [-0.1, -0.05) is 32.0 Å². The zero-order valence-corrected chi connectivity index (χ0v) is 20.1. The van der Waals surface area contributed by atoms with Gasteiger partial charge >= 0.3 is 0 Å². The van der Waals surface area contributed by atoms with Crippen LogP contribution in [0, 0.1) is 5.92 Å². The fourth-order valence-corrected chi connectivity index (χ4v) is 4.96. The number of rotatable bonds is 5. The molecule has 6 nitrogen and oxygen atoms in total. The Bertz CT molecular complexity index is 1680. The number of carbonyl (C=O) groups is 1. The maximum Gasteiger partial charge on any atom is 0.226 e. The highest BCUT2D eigenvalue weighted by molar-refractivity contribution is 7.08. The van der Waals surface area contributed by atoms with Gasteiger partial charge in [0, 0.05) is 34.0 Å². The van der Waals surface area contributed by atoms with Gasteiger partial charge in [-0.3, -0.25) is 14.9 Å². The van der Waals surface area contributed by atoms with E-state index in [0.717, 1.165) is 38.9 Å². The molecule has 35 heavy (non-hydrogen) atoms. The molecule has 7 heteroatoms. The highest BCUT2D eigenvalue weighted by Crippen LogP contribution is 2.36. The first-order valence-electron chi connectivity index (χ1n) is 11.5. The Morgan fingerprint density at radius 2 is 1.86 bits per heavy atom. The van der Waals surface area contributed by atoms with Gasteiger partial charge in [0.05, 0.1) is 23.1 Å². The van der Waals surface area contributed by atoms with Crippen molar-refractivity contribution in [1.29, 1.82) is 0 Å². The number of aromatic nitrogens is 4. The largest absolute Gasteiger partial charge is 0.353 e. The molecule has 4 heterocycles. The first-order chi connectivity index (χ1) is 17.1. The Morgan fingerprint density at radius 1 is 0.943 bits per heavy atom. The average molecular weight is 478 g/mol. The number of aromatic amines is 2. The number of H-pyrrole nitrogens is 2. The van der Waals surface area contributed by atoms with E-state index in [0.29, 0.717) is 5.69 Å². The van der Waals surface area contributed by atoms with Crippen molar-refractivity contribution in [3.05, 3.63) is 77.8 Å². The summed E-state index contributed by atoms with van der Waals surface area (Å²) in [6, 6.07) is 18.8. The summed E-state index contributed by atoms with van der Waals surface area (Å²) in [4.78, 5) is 20.0. The summed E-state index contributed by atoms with van der Waals surface area (Å²) in [6.07, 6.45) is 3.48. The molecule has 0 aliphatic rings. The minimum Gasteiger partial charge on any atom is -0.353 e. The summed E-state index contributed by atoms with van der Waals surface area (Å²) in [5, 5.41) is 17.2. The van der Waals surface area contributed by atoms with Crippen LogP contribution in [-0.2, 0) is 4.79 Å². The molecule has 6 rings (SSSR count). The third kappa shape index (κ3) is 3.90. The Balaban J connectivity index is 1.41. The van der Waals surface area contributed by atoms with Crippen LogP contribution in [0.2, 0.25) is 0 Å². The van der Waals surface area contributed by atoms with Gasteiger partial charge in [-0.15, -0.1) is 0 Å². The molecule has 0 saturated carbocycles. The van der Waals surface area contributed by atoms with Crippen LogP contribution in [0.1, 0.15) is 13.8 Å². The molecule has 4 aromatic heterocycles. The first kappa shape index (κ1) is 21.3. The van der Waals surface area contributed by atoms with E-state index in [1.54, 1.807) is 17.5 Å². The Morgan fingerprint density at radius 3 is 2.69 bits per heavy atom. The molecule has 0 aliphatic heterocycles. The van der Waals surface area contributed by atoms with Gasteiger partial charge in [0.2, 0.25) is 5.91 Å². The van der Waals surface area contributed by atoms with E-state index in [1.807, 2.05) is 38.2 Å². The monoisotopic (exact) mass is 477 g/mol. The van der Waals surface area contributed by atoms with Crippen LogP contribution in [-0.4, -0.2) is 26.1 Å². The zero-order valence-electron chi connectivity index (χ0n) is 19.3. The van der Waals surface area contributed by atoms with Gasteiger partial charge in [0.1, 0.15) is 5.69 Å². The third-order valence-corrected chi connectivity index (χ3v) is 6.86. The van der Waals surface area contributed by atoms with Crippen LogP contribution < -0.4 is 5.32 Å². The average Bonchev–Trinajstić information content (AvgIpc) is 3.62. The molecule has 0 atom stereocenters. The van der Waals surface area contributed by atoms with E-state index in [4.69, 9.17) is 0 Å². The number of nitrogens with zero attached hydrogens (tertiary/aromatic N) is 2. The van der Waals surface area contributed by atoms with Crippen LogP contribution in [0.5, 0.6) is 0 Å². The van der Waals surface area contributed by atoms with Crippen molar-refractivity contribution in [2.24, 2.45) is 5.92 Å². The number of benzene rings is 2. The van der Waals surface area contributed by atoms with Gasteiger partial charge in [0.15, 0.2) is 0 Å². The van der Waals surface area contributed by atoms with Crippen molar-refractivity contribution in [2.45, 2.75) is 13.8 Å². The van der Waals surface area contributed by atoms with E-state index >= 15 is 0 Å². The van der Waals surface area contributed by atoms with Crippen LogP contribution in [0.3, 0.4) is 0 Å². The lowest BCUT2D eigenvalue weighted by molar-refractivity contribution is -0.118. The smallest absolute Gasteiger partial charge is 0.226 e. The van der Waals surface area contributed by atoms with Crippen LogP contribution in [0.25, 0.3) is 55.4 Å². The molecule has 0 bridgehead atoms. The highest BCUT2D eigenvalue weighted by atomic mass is 32.1. The van der Waals surface area contributed by atoms with E-state index in [9.17, 15) is 4.79 Å². The molecular formula is C28H23N5OS. The minimum atomic E-state index is -0.0972. The molecule has 0 saturated heterocycles. The van der Waals surface area contributed by atoms with E-state index in [-0.39, 0.29) is 11.8 Å². The predicted molar refractivity (Wildman–Crippen MR) is 143 cm³/mol. The van der Waals surface area contributed by atoms with Crippen molar-refractivity contribution < 1.29 is 4.79 Å². The summed E-state index contributed by atoms with van der Waals surface area (Å²) in [5.41, 5.74) is 8.90. The van der Waals surface area contributed by atoms with Crippen molar-refractivity contribution >= 4 is 44.7 Å². The SMILES string of the molecule is CC(C)C(=O)Nc1cncc(-c2ccc3[nH]nc(-c4cc5c(-c6ccsc6)cccc5[nH]4)c3c2)c1. The van der Waals surface area contributed by atoms with E-state index in [2.05, 4.69) is 72.6 Å². The molecule has 0 fully saturated rings. The number of fused-ring (bicyclic) bond motifs is 2. The van der Waals surface area contributed by atoms with Crippen LogP contribution in [0.4, 0.5) is 5.69 Å². The number of nitrogens with one attached hydrogen (secondary N) is 3. The number of carbonyl (C=O) groups excluding carboxylic acids is 1. The topological polar surface area (TPSA) is 86.5 Å². The number of anilines is 1. The molecule has 1 amide bonds. The molecule has 0 radical (unpaired) electrons. The van der Waals surface area contributed by atoms with Crippen molar-refractivity contribution in [2.75, 3.05) is 5.32 Å². The molecule has 0 unspecified atom stereocenters. The quantitative estimate of drug-likeness (QED) is 0.248. The van der Waals surface area contributed by atoms with Crippen LogP contribution >= 0.6 is 11.3 Å². The summed E-state index contributed by atoms with van der Waals surface area (Å²) >= 11 is 1.70. The van der Waals surface area contributed by atoms with Gasteiger partial charge in [-0.25, -0.2) is 0 Å². The lowest BCUT2D eigenvalue weighted by atomic mass is 10.0. The third-order valence-electron chi connectivity index (χ3n) is 6.18. The second-order valence-corrected chi connectivity index (χ2v) is 9.68. The minimum absolute atomic E-state index is 0.0304. The van der Waals surface area contributed by atoms with Gasteiger partial charge in [-0.2, -0.15) is 16.4 Å². The van der Waals surface area contributed by atoms with E-state index < -0.39 is 0 Å². The number of thiophene rings is 1. The standard InChI is InChI=1S/C28H23N5OS/c1-16(2)28(34)30-20-10-19(13-29-14-20)17-6-7-25-23(11-17)27(33-32-25)26-12-22-21(18-8-9-35-15-18)4-3-5-24(22)31-26/h3-16,31H,1-2H3,(H,30,34)(H,32,33). The number of hydrogen-bond donors (Lipinski definition) is 3. The summed E-state index contributed by atoms with van der Waals surface area (Å²) in [5.74, 6) is -0.128. The molecule has 0 aliphatic carbocycles. The molecule has 2 aromatic carbocycles. The normalized spacial score (nSPS) is 11.5. The van der Waals surface area contributed by atoms with Crippen LogP contribution in [0.15, 0.2) is 77.8 Å². The van der Waals surface area contributed by atoms with E-state index in [1.165, 1.54) is 16.5 Å². The maximum absolute atomic E-state index is 12.1. The predicted octanol–water partition coefficient (Wildman–Crippen LogP) is 7.10. The molecular weight excluding hydrogens is 454 g/mol. The fraction of sp³-hybridized carbons (Fsp3) is 0.107. The Labute approximate surface area is 206 Å². The summed E-state index contributed by atoms with van der Waals surface area (Å²) < 4.78 is 0. The number of hydrogen-bond acceptors (Lipinski definition) is 4. The van der Waals surface area contributed by atoms with Crippen molar-refractivity contribution in [3.8, 4) is 33.6 Å². The summed E-state index contributed by atoms with van der Waals surface area (Å²) in [6.45, 7) is 3.74. The first-order valence-corrected chi connectivity index (χ1v) is 12.4. The molecule has 172 valence electrons. The fourth-order valence-electron chi connectivity index (χ4n) is 4.30. The lowest BCUT2D eigenvalue weighted by Crippen LogP contribution is -2.17. The van der Waals surface area contributed by atoms with Crippen molar-refractivity contribution in [3.63, 3.8) is 0 Å². The van der Waals surface area contributed by atoms with Gasteiger partial charge < -0.3 is 10.3 Å². The zero-order chi connectivity index (χ0) is 23.9. The lowest BCUT2D eigenvalue weighted by Gasteiger charge is -2.09. The molecule has 0 spiro atoms. The number of pyridine rings is 1. The molecule has 3 N–H and O–H groups in total. The van der Waals surface area contributed by atoms with Gasteiger partial charge in [0.25, 0.3) is 0 Å².